The summed E-state index contributed by atoms with van der Waals surface area (Å²) in [4.78, 5) is 37.7. The summed E-state index contributed by atoms with van der Waals surface area (Å²) in [6.45, 7) is 6.97. The number of phosphoric ester groups is 1. The molecule has 0 bridgehead atoms. The lowest BCUT2D eigenvalue weighted by atomic mass is 10.0. The number of hydrogen-bond acceptors (Lipinski definition) is 6. The SMILES string of the molecule is CCCCC/C=C\C/C=C\CCCCCCCCCCCC(=O)OC(/C=C/CCCCCCCCCCCC)C(COP(=O)(O)OCC[N+](C)(C)C)NC(=O)CCCCC/C=C/C=C/CCCCCCCCC. The lowest BCUT2D eigenvalue weighted by molar-refractivity contribution is -0.870. The number of unbranched alkanes of at least 4 members (excludes halogenated alkanes) is 32. The molecule has 0 aromatic carbocycles. The minimum Gasteiger partial charge on any atom is -0.456 e. The minimum absolute atomic E-state index is 0.0335. The van der Waals surface area contributed by atoms with Crippen LogP contribution >= 0.6 is 7.82 Å². The molecule has 1 amide bonds. The zero-order valence-corrected chi connectivity index (χ0v) is 49.5. The van der Waals surface area contributed by atoms with E-state index in [1.807, 2.05) is 33.3 Å². The first kappa shape index (κ1) is 70.7. The number of phosphoric acid groups is 1. The molecule has 0 aliphatic carbocycles. The van der Waals surface area contributed by atoms with Gasteiger partial charge in [-0.25, -0.2) is 4.57 Å². The van der Waals surface area contributed by atoms with Crippen molar-refractivity contribution in [3.8, 4) is 0 Å². The molecule has 0 heterocycles. The van der Waals surface area contributed by atoms with Gasteiger partial charge in [0.15, 0.2) is 0 Å². The summed E-state index contributed by atoms with van der Waals surface area (Å²) in [6, 6.07) is -0.864. The summed E-state index contributed by atoms with van der Waals surface area (Å²) in [5.41, 5.74) is 0. The predicted octanol–water partition coefficient (Wildman–Crippen LogP) is 18.7. The summed E-state index contributed by atoms with van der Waals surface area (Å²) in [6.07, 6.45) is 66.4. The Bertz CT molecular complexity index is 1440. The van der Waals surface area contributed by atoms with E-state index in [4.69, 9.17) is 13.8 Å². The number of hydrogen-bond donors (Lipinski definition) is 2. The van der Waals surface area contributed by atoms with E-state index >= 15 is 0 Å². The highest BCUT2D eigenvalue weighted by Gasteiger charge is 2.30. The quantitative estimate of drug-likeness (QED) is 0.0156. The van der Waals surface area contributed by atoms with Crippen LogP contribution in [0.4, 0.5) is 0 Å². The van der Waals surface area contributed by atoms with Crippen LogP contribution in [0, 0.1) is 0 Å². The maximum absolute atomic E-state index is 13.5. The van der Waals surface area contributed by atoms with Gasteiger partial charge in [0, 0.05) is 12.8 Å². The molecule has 3 unspecified atom stereocenters. The Kier molecular flexibility index (Phi) is 51.5. The number of esters is 1. The fourth-order valence-electron chi connectivity index (χ4n) is 8.67. The van der Waals surface area contributed by atoms with Crippen LogP contribution < -0.4 is 5.32 Å². The molecule has 0 spiro atoms. The van der Waals surface area contributed by atoms with Crippen LogP contribution in [0.25, 0.3) is 0 Å². The van der Waals surface area contributed by atoms with E-state index < -0.39 is 20.0 Å². The van der Waals surface area contributed by atoms with Gasteiger partial charge < -0.3 is 19.4 Å². The summed E-state index contributed by atoms with van der Waals surface area (Å²) >= 11 is 0. The summed E-state index contributed by atoms with van der Waals surface area (Å²) in [5, 5.41) is 3.04. The Balaban J connectivity index is 5.32. The van der Waals surface area contributed by atoms with Crippen molar-refractivity contribution in [2.45, 2.75) is 290 Å². The van der Waals surface area contributed by atoms with Gasteiger partial charge in [0.25, 0.3) is 0 Å². The second-order valence-electron chi connectivity index (χ2n) is 21.9. The van der Waals surface area contributed by atoms with Gasteiger partial charge in [-0.3, -0.25) is 18.6 Å². The predicted molar refractivity (Wildman–Crippen MR) is 314 cm³/mol. The molecule has 10 heteroatoms. The van der Waals surface area contributed by atoms with Crippen LogP contribution in [0.15, 0.2) is 60.8 Å². The Morgan fingerprint density at radius 1 is 0.493 bits per heavy atom. The molecular weight excluding hydrogens is 928 g/mol. The van der Waals surface area contributed by atoms with Gasteiger partial charge in [-0.05, 0) is 89.5 Å². The maximum atomic E-state index is 13.5. The van der Waals surface area contributed by atoms with Crippen molar-refractivity contribution >= 4 is 19.7 Å². The van der Waals surface area contributed by atoms with Crippen molar-refractivity contribution < 1.29 is 37.3 Å². The van der Waals surface area contributed by atoms with Gasteiger partial charge in [-0.1, -0.05) is 236 Å². The smallest absolute Gasteiger partial charge is 0.456 e. The second-order valence-corrected chi connectivity index (χ2v) is 23.4. The van der Waals surface area contributed by atoms with Crippen LogP contribution in [0.5, 0.6) is 0 Å². The van der Waals surface area contributed by atoms with Crippen LogP contribution in [0.1, 0.15) is 278 Å². The molecule has 0 aromatic rings. The van der Waals surface area contributed by atoms with E-state index in [9.17, 15) is 19.0 Å². The topological polar surface area (TPSA) is 111 Å². The van der Waals surface area contributed by atoms with Crippen molar-refractivity contribution in [2.75, 3.05) is 40.9 Å². The largest absolute Gasteiger partial charge is 0.472 e. The number of rotatable bonds is 55. The third-order valence-electron chi connectivity index (χ3n) is 13.5. The highest BCUT2D eigenvalue weighted by molar-refractivity contribution is 7.47. The van der Waals surface area contributed by atoms with Crippen molar-refractivity contribution in [2.24, 2.45) is 0 Å². The van der Waals surface area contributed by atoms with Crippen LogP contribution in [-0.4, -0.2) is 74.3 Å². The molecule has 0 saturated heterocycles. The number of amides is 1. The minimum atomic E-state index is -4.45. The molecule has 73 heavy (non-hydrogen) atoms. The molecule has 0 aromatic heterocycles. The number of quaternary nitrogens is 1. The molecule has 0 radical (unpaired) electrons. The van der Waals surface area contributed by atoms with Gasteiger partial charge in [0.2, 0.25) is 5.91 Å². The van der Waals surface area contributed by atoms with Gasteiger partial charge in [-0.2, -0.15) is 0 Å². The first-order chi connectivity index (χ1) is 35.4. The monoisotopic (exact) mass is 1050 g/mol. The molecule has 3 atom stereocenters. The van der Waals surface area contributed by atoms with Crippen LogP contribution in [0.3, 0.4) is 0 Å². The van der Waals surface area contributed by atoms with E-state index in [2.05, 4.69) is 74.7 Å². The van der Waals surface area contributed by atoms with Crippen LogP contribution in [-0.2, 0) is 27.9 Å². The van der Waals surface area contributed by atoms with Crippen LogP contribution in [0.2, 0.25) is 0 Å². The number of carbonyl (C=O) groups is 2. The third kappa shape index (κ3) is 54.3. The molecule has 0 aliphatic heterocycles. The van der Waals surface area contributed by atoms with Gasteiger partial charge >= 0.3 is 13.8 Å². The summed E-state index contributed by atoms with van der Waals surface area (Å²) in [5.74, 6) is -0.537. The van der Waals surface area contributed by atoms with Crippen molar-refractivity contribution in [3.63, 3.8) is 0 Å². The fraction of sp³-hybridized carbons (Fsp3) is 0.810. The number of allylic oxidation sites excluding steroid dienone is 9. The van der Waals surface area contributed by atoms with E-state index in [0.717, 1.165) is 70.6 Å². The highest BCUT2D eigenvalue weighted by Crippen LogP contribution is 2.43. The van der Waals surface area contributed by atoms with Gasteiger partial charge in [-0.15, -0.1) is 0 Å². The zero-order valence-electron chi connectivity index (χ0n) is 48.6. The first-order valence-corrected chi connectivity index (χ1v) is 32.1. The van der Waals surface area contributed by atoms with Gasteiger partial charge in [0.1, 0.15) is 19.3 Å². The molecule has 0 rings (SSSR count). The average molecular weight is 1050 g/mol. The van der Waals surface area contributed by atoms with Gasteiger partial charge in [0.05, 0.1) is 33.8 Å². The number of carbonyl (C=O) groups excluding carboxylic acids is 2. The molecule has 0 fully saturated rings. The molecule has 0 saturated carbocycles. The Morgan fingerprint density at radius 3 is 1.36 bits per heavy atom. The Morgan fingerprint density at radius 2 is 0.877 bits per heavy atom. The fourth-order valence-corrected chi connectivity index (χ4v) is 9.40. The Labute approximate surface area is 451 Å². The summed E-state index contributed by atoms with van der Waals surface area (Å²) < 4.78 is 30.7. The third-order valence-corrected chi connectivity index (χ3v) is 14.4. The molecule has 426 valence electrons. The molecule has 0 aliphatic rings. The second kappa shape index (κ2) is 53.1. The lowest BCUT2D eigenvalue weighted by Crippen LogP contribution is -2.47. The molecule has 9 nitrogen and oxygen atoms in total. The first-order valence-electron chi connectivity index (χ1n) is 30.6. The molecular formula is C63H118N2O7P+. The zero-order chi connectivity index (χ0) is 53.6. The van der Waals surface area contributed by atoms with E-state index in [-0.39, 0.29) is 31.5 Å². The average Bonchev–Trinajstić information content (AvgIpc) is 3.35. The maximum Gasteiger partial charge on any atom is 0.472 e. The normalized spacial score (nSPS) is 14.1. The lowest BCUT2D eigenvalue weighted by Gasteiger charge is -2.27. The van der Waals surface area contributed by atoms with E-state index in [0.29, 0.717) is 23.9 Å². The van der Waals surface area contributed by atoms with Crippen molar-refractivity contribution in [3.05, 3.63) is 60.8 Å². The summed E-state index contributed by atoms with van der Waals surface area (Å²) in [7, 11) is 1.48. The number of nitrogens with zero attached hydrogens (tertiary/aromatic N) is 1. The highest BCUT2D eigenvalue weighted by atomic mass is 31.2. The number of likely N-dealkylation sites (N-methyl/N-ethyl adjacent to an activating group) is 1. The Hall–Kier alpha value is -2.29. The van der Waals surface area contributed by atoms with Crippen molar-refractivity contribution in [1.29, 1.82) is 0 Å². The van der Waals surface area contributed by atoms with E-state index in [1.54, 1.807) is 0 Å². The van der Waals surface area contributed by atoms with Crippen molar-refractivity contribution in [1.82, 2.24) is 5.32 Å². The number of nitrogens with one attached hydrogen (secondary N) is 1. The van der Waals surface area contributed by atoms with E-state index in [1.165, 1.54) is 167 Å². The molecule has 2 N–H and O–H groups in total. The standard InChI is InChI=1S/C63H117N2O7P/c1-7-10-13-16-19-22-25-28-30-32-33-34-36-38-41-44-47-50-53-56-63(67)72-61(54-51-48-45-42-39-27-24-21-18-15-12-9-3)60(59-71-73(68,69)70-58-57-65(4,5)6)64-62(66)55-52-49-46-43-40-37-35-31-29-26-23-20-17-14-11-8-2/h19,22,28,30-31,35,37,40,51,54,60-61H,7-18,20-21,23-27,29,32-34,36,38-39,41-50,52-53,55-59H2,1-6H3,(H-,64,66,68,69)/p+1/b22-19-,30-28-,35-31+,40-37+,54-51+. The number of ether oxygens (including phenoxy) is 1.